The van der Waals surface area contributed by atoms with Crippen LogP contribution in [0.1, 0.15) is 17.3 Å². The van der Waals surface area contributed by atoms with Gasteiger partial charge in [0.25, 0.3) is 5.91 Å². The molecule has 0 spiro atoms. The number of anilines is 2. The lowest BCUT2D eigenvalue weighted by molar-refractivity contribution is 0.0956. The second-order valence-electron chi connectivity index (χ2n) is 4.89. The number of methoxy groups -OCH3 is 1. The molecule has 0 unspecified atom stereocenters. The van der Waals surface area contributed by atoms with Gasteiger partial charge in [-0.25, -0.2) is 0 Å². The SMILES string of the molecule is CCNC(=O)c1ccc(N)cc1NCCN(C)CCOC. The summed E-state index contributed by atoms with van der Waals surface area (Å²) >= 11 is 0. The second kappa shape index (κ2) is 9.20. The molecule has 0 saturated carbocycles. The number of ether oxygens (including phenoxy) is 1. The van der Waals surface area contributed by atoms with E-state index in [9.17, 15) is 4.79 Å². The number of nitrogen functional groups attached to an aromatic ring is 1. The Balaban J connectivity index is 2.60. The van der Waals surface area contributed by atoms with Crippen molar-refractivity contribution < 1.29 is 9.53 Å². The first kappa shape index (κ1) is 17.3. The third kappa shape index (κ3) is 6.01. The van der Waals surface area contributed by atoms with Crippen molar-refractivity contribution in [3.05, 3.63) is 23.8 Å². The van der Waals surface area contributed by atoms with Crippen LogP contribution in [-0.4, -0.2) is 57.8 Å². The number of nitrogens with one attached hydrogen (secondary N) is 2. The van der Waals surface area contributed by atoms with E-state index in [4.69, 9.17) is 10.5 Å². The number of hydrogen-bond donors (Lipinski definition) is 3. The van der Waals surface area contributed by atoms with E-state index >= 15 is 0 Å². The van der Waals surface area contributed by atoms with Crippen molar-refractivity contribution in [1.82, 2.24) is 10.2 Å². The van der Waals surface area contributed by atoms with E-state index in [1.54, 1.807) is 25.3 Å². The monoisotopic (exact) mass is 294 g/mol. The molecule has 1 aromatic rings. The summed E-state index contributed by atoms with van der Waals surface area (Å²) < 4.78 is 5.04. The highest BCUT2D eigenvalue weighted by Crippen LogP contribution is 2.19. The van der Waals surface area contributed by atoms with E-state index < -0.39 is 0 Å². The number of likely N-dealkylation sites (N-methyl/N-ethyl adjacent to an activating group) is 1. The predicted octanol–water partition coefficient (Wildman–Crippen LogP) is 1.01. The third-order valence-electron chi connectivity index (χ3n) is 3.11. The number of rotatable bonds is 9. The van der Waals surface area contributed by atoms with Gasteiger partial charge in [0.1, 0.15) is 0 Å². The lowest BCUT2D eigenvalue weighted by Crippen LogP contribution is -2.29. The van der Waals surface area contributed by atoms with Crippen LogP contribution in [0.5, 0.6) is 0 Å². The molecule has 1 rings (SSSR count). The predicted molar refractivity (Wildman–Crippen MR) is 86.7 cm³/mol. The van der Waals surface area contributed by atoms with Gasteiger partial charge in [0, 0.05) is 44.7 Å². The second-order valence-corrected chi connectivity index (χ2v) is 4.89. The summed E-state index contributed by atoms with van der Waals surface area (Å²) in [6.45, 7) is 5.66. The Hall–Kier alpha value is -1.79. The van der Waals surface area contributed by atoms with Crippen LogP contribution in [0.4, 0.5) is 11.4 Å². The van der Waals surface area contributed by atoms with Gasteiger partial charge in [-0.3, -0.25) is 4.79 Å². The van der Waals surface area contributed by atoms with Gasteiger partial charge in [0.15, 0.2) is 0 Å². The van der Waals surface area contributed by atoms with Gasteiger partial charge < -0.3 is 26.0 Å². The zero-order valence-corrected chi connectivity index (χ0v) is 13.1. The maximum Gasteiger partial charge on any atom is 0.253 e. The molecule has 0 aliphatic carbocycles. The van der Waals surface area contributed by atoms with Crippen LogP contribution in [0, 0.1) is 0 Å². The van der Waals surface area contributed by atoms with Gasteiger partial charge in [-0.1, -0.05) is 0 Å². The third-order valence-corrected chi connectivity index (χ3v) is 3.11. The molecule has 1 amide bonds. The molecule has 0 bridgehead atoms. The number of carbonyl (C=O) groups is 1. The van der Waals surface area contributed by atoms with Crippen molar-refractivity contribution in [3.8, 4) is 0 Å². The zero-order valence-electron chi connectivity index (χ0n) is 13.1. The Morgan fingerprint density at radius 1 is 1.38 bits per heavy atom. The van der Waals surface area contributed by atoms with E-state index in [0.717, 1.165) is 25.3 Å². The molecule has 0 heterocycles. The molecule has 118 valence electrons. The maximum absolute atomic E-state index is 12.0. The number of hydrogen-bond acceptors (Lipinski definition) is 5. The molecular formula is C15H26N4O2. The molecule has 0 aliphatic rings. The first-order valence-electron chi connectivity index (χ1n) is 7.17. The van der Waals surface area contributed by atoms with Crippen molar-refractivity contribution in [1.29, 1.82) is 0 Å². The van der Waals surface area contributed by atoms with Crippen LogP contribution in [0.15, 0.2) is 18.2 Å². The van der Waals surface area contributed by atoms with Crippen LogP contribution in [-0.2, 0) is 4.74 Å². The minimum Gasteiger partial charge on any atom is -0.399 e. The molecule has 6 heteroatoms. The Labute approximate surface area is 126 Å². The van der Waals surface area contributed by atoms with Crippen LogP contribution < -0.4 is 16.4 Å². The standard InChI is InChI=1S/C15H26N4O2/c1-4-17-15(20)13-6-5-12(16)11-14(13)18-7-8-19(2)9-10-21-3/h5-6,11,18H,4,7-10,16H2,1-3H3,(H,17,20). The van der Waals surface area contributed by atoms with E-state index in [2.05, 4.69) is 15.5 Å². The molecule has 6 nitrogen and oxygen atoms in total. The maximum atomic E-state index is 12.0. The zero-order chi connectivity index (χ0) is 15.7. The lowest BCUT2D eigenvalue weighted by atomic mass is 10.1. The smallest absolute Gasteiger partial charge is 0.253 e. The van der Waals surface area contributed by atoms with Crippen LogP contribution in [0.25, 0.3) is 0 Å². The first-order valence-corrected chi connectivity index (χ1v) is 7.17. The van der Waals surface area contributed by atoms with E-state index in [-0.39, 0.29) is 5.91 Å². The average molecular weight is 294 g/mol. The van der Waals surface area contributed by atoms with Gasteiger partial charge in [0.2, 0.25) is 0 Å². The fourth-order valence-corrected chi connectivity index (χ4v) is 1.90. The lowest BCUT2D eigenvalue weighted by Gasteiger charge is -2.18. The fraction of sp³-hybridized carbons (Fsp3) is 0.533. The van der Waals surface area contributed by atoms with E-state index in [0.29, 0.717) is 24.4 Å². The minimum atomic E-state index is -0.0901. The van der Waals surface area contributed by atoms with E-state index in [1.807, 2.05) is 14.0 Å². The van der Waals surface area contributed by atoms with Crippen LogP contribution >= 0.6 is 0 Å². The van der Waals surface area contributed by atoms with Gasteiger partial charge in [-0.15, -0.1) is 0 Å². The number of benzene rings is 1. The molecule has 0 fully saturated rings. The number of nitrogens with two attached hydrogens (primary N) is 1. The van der Waals surface area contributed by atoms with Crippen LogP contribution in [0.3, 0.4) is 0 Å². The molecule has 0 aromatic heterocycles. The Kier molecular flexibility index (Phi) is 7.56. The van der Waals surface area contributed by atoms with Gasteiger partial charge >= 0.3 is 0 Å². The number of amides is 1. The summed E-state index contributed by atoms with van der Waals surface area (Å²) in [4.78, 5) is 14.2. The number of carbonyl (C=O) groups excluding carboxylic acids is 1. The Morgan fingerprint density at radius 2 is 2.14 bits per heavy atom. The minimum absolute atomic E-state index is 0.0901. The van der Waals surface area contributed by atoms with Gasteiger partial charge in [-0.05, 0) is 32.2 Å². The average Bonchev–Trinajstić information content (AvgIpc) is 2.45. The Bertz CT molecular complexity index is 451. The van der Waals surface area contributed by atoms with Crippen molar-refractivity contribution in [3.63, 3.8) is 0 Å². The van der Waals surface area contributed by atoms with Crippen LogP contribution in [0.2, 0.25) is 0 Å². The summed E-state index contributed by atoms with van der Waals surface area (Å²) in [5, 5.41) is 6.08. The van der Waals surface area contributed by atoms with E-state index in [1.165, 1.54) is 0 Å². The van der Waals surface area contributed by atoms with Crippen molar-refractivity contribution in [2.24, 2.45) is 0 Å². The molecular weight excluding hydrogens is 268 g/mol. The summed E-state index contributed by atoms with van der Waals surface area (Å²) in [6, 6.07) is 5.28. The Morgan fingerprint density at radius 3 is 2.81 bits per heavy atom. The van der Waals surface area contributed by atoms with Gasteiger partial charge in [-0.2, -0.15) is 0 Å². The normalized spacial score (nSPS) is 10.7. The molecule has 0 atom stereocenters. The molecule has 4 N–H and O–H groups in total. The van der Waals surface area contributed by atoms with Crippen molar-refractivity contribution in [2.45, 2.75) is 6.92 Å². The summed E-state index contributed by atoms with van der Waals surface area (Å²) in [7, 11) is 3.72. The summed E-state index contributed by atoms with van der Waals surface area (Å²) in [5.74, 6) is -0.0901. The highest BCUT2D eigenvalue weighted by molar-refractivity contribution is 6.00. The largest absolute Gasteiger partial charge is 0.399 e. The van der Waals surface area contributed by atoms with Gasteiger partial charge in [0.05, 0.1) is 12.2 Å². The molecule has 21 heavy (non-hydrogen) atoms. The summed E-state index contributed by atoms with van der Waals surface area (Å²) in [5.41, 5.74) is 7.82. The molecule has 0 radical (unpaired) electrons. The molecule has 0 aliphatic heterocycles. The van der Waals surface area contributed by atoms with Crippen molar-refractivity contribution in [2.75, 3.05) is 58.0 Å². The first-order chi connectivity index (χ1) is 10.1. The molecule has 1 aromatic carbocycles. The molecule has 0 saturated heterocycles. The highest BCUT2D eigenvalue weighted by atomic mass is 16.5. The topological polar surface area (TPSA) is 79.6 Å². The van der Waals surface area contributed by atoms with Crippen molar-refractivity contribution >= 4 is 17.3 Å². The summed E-state index contributed by atoms with van der Waals surface area (Å²) in [6.07, 6.45) is 0. The number of nitrogens with zero attached hydrogens (tertiary/aromatic N) is 1. The highest BCUT2D eigenvalue weighted by Gasteiger charge is 2.10. The quantitative estimate of drug-likeness (QED) is 0.592. The fourth-order valence-electron chi connectivity index (χ4n) is 1.90.